The molecule has 0 amide bonds. The van der Waals surface area contributed by atoms with Crippen LogP contribution in [0.1, 0.15) is 5.56 Å². The zero-order valence-electron chi connectivity index (χ0n) is 7.20. The summed E-state index contributed by atoms with van der Waals surface area (Å²) in [5.74, 6) is -0.230. The average Bonchev–Trinajstić information content (AvgIpc) is 2.06. The molecule has 0 unspecified atom stereocenters. The molecule has 1 rings (SSSR count). The summed E-state index contributed by atoms with van der Waals surface area (Å²) in [5.41, 5.74) is 0.270. The number of rotatable bonds is 3. The van der Waals surface area contributed by atoms with Crippen LogP contribution in [0.25, 0.3) is 0 Å². The van der Waals surface area contributed by atoms with Crippen LogP contribution in [-0.2, 0) is 14.8 Å². The van der Waals surface area contributed by atoms with Crippen LogP contribution in [0.15, 0.2) is 12.3 Å². The second-order valence-corrected chi connectivity index (χ2v) is 5.65. The molecule has 78 valence electrons. The molecule has 14 heavy (non-hydrogen) atoms. The van der Waals surface area contributed by atoms with Gasteiger partial charge in [0.2, 0.25) is 14.9 Å². The predicted molar refractivity (Wildman–Crippen MR) is 54.3 cm³/mol. The molecule has 1 aromatic rings. The maximum atomic E-state index is 10.8. The standard InChI is InChI=1S/C7H7Cl2NO3S/c1-13-7-5(4-14(9,11)12)6(8)2-3-10-7/h2-3H,4H2,1H3. The fourth-order valence-electron chi connectivity index (χ4n) is 0.930. The summed E-state index contributed by atoms with van der Waals surface area (Å²) < 4.78 is 26.5. The van der Waals surface area contributed by atoms with Gasteiger partial charge in [0, 0.05) is 22.4 Å². The van der Waals surface area contributed by atoms with Crippen molar-refractivity contribution in [2.24, 2.45) is 0 Å². The van der Waals surface area contributed by atoms with Gasteiger partial charge < -0.3 is 4.74 Å². The maximum Gasteiger partial charge on any atom is 0.237 e. The van der Waals surface area contributed by atoms with E-state index in [4.69, 9.17) is 27.0 Å². The van der Waals surface area contributed by atoms with Gasteiger partial charge in [-0.15, -0.1) is 0 Å². The molecule has 0 saturated heterocycles. The van der Waals surface area contributed by atoms with Gasteiger partial charge in [0.25, 0.3) is 0 Å². The second-order valence-electron chi connectivity index (χ2n) is 2.46. The van der Waals surface area contributed by atoms with Crippen molar-refractivity contribution in [1.82, 2.24) is 4.98 Å². The molecule has 0 N–H and O–H groups in total. The van der Waals surface area contributed by atoms with Crippen molar-refractivity contribution in [3.63, 3.8) is 0 Å². The minimum Gasteiger partial charge on any atom is -0.481 e. The van der Waals surface area contributed by atoms with Crippen LogP contribution < -0.4 is 4.74 Å². The highest BCUT2D eigenvalue weighted by Gasteiger charge is 2.16. The van der Waals surface area contributed by atoms with Crippen LogP contribution in [0, 0.1) is 0 Å². The largest absolute Gasteiger partial charge is 0.481 e. The zero-order valence-corrected chi connectivity index (χ0v) is 9.53. The van der Waals surface area contributed by atoms with Gasteiger partial charge in [-0.3, -0.25) is 0 Å². The molecule has 0 fully saturated rings. The van der Waals surface area contributed by atoms with E-state index in [1.807, 2.05) is 0 Å². The van der Waals surface area contributed by atoms with Crippen molar-refractivity contribution in [3.05, 3.63) is 22.8 Å². The van der Waals surface area contributed by atoms with Crippen molar-refractivity contribution in [1.29, 1.82) is 0 Å². The van der Waals surface area contributed by atoms with Gasteiger partial charge in [0.05, 0.1) is 17.9 Å². The van der Waals surface area contributed by atoms with Gasteiger partial charge in [-0.05, 0) is 6.07 Å². The van der Waals surface area contributed by atoms with Crippen LogP contribution >= 0.6 is 22.3 Å². The zero-order chi connectivity index (χ0) is 10.8. The Bertz CT molecular complexity index is 433. The predicted octanol–water partition coefficient (Wildman–Crippen LogP) is 1.81. The van der Waals surface area contributed by atoms with Gasteiger partial charge in [-0.2, -0.15) is 0 Å². The molecule has 0 saturated carbocycles. The normalized spacial score (nSPS) is 11.4. The number of methoxy groups -OCH3 is 1. The van der Waals surface area contributed by atoms with Crippen LogP contribution in [-0.4, -0.2) is 20.5 Å². The highest BCUT2D eigenvalue weighted by Crippen LogP contribution is 2.26. The Hall–Kier alpha value is -0.520. The summed E-state index contributed by atoms with van der Waals surface area (Å²) in [6.45, 7) is 0. The third kappa shape index (κ3) is 3.01. The van der Waals surface area contributed by atoms with E-state index < -0.39 is 14.8 Å². The first-order chi connectivity index (χ1) is 6.44. The molecule has 1 heterocycles. The van der Waals surface area contributed by atoms with Gasteiger partial charge in [-0.1, -0.05) is 11.6 Å². The van der Waals surface area contributed by atoms with E-state index in [1.54, 1.807) is 0 Å². The summed E-state index contributed by atoms with van der Waals surface area (Å²) in [6.07, 6.45) is 1.42. The molecule has 4 nitrogen and oxygen atoms in total. The Morgan fingerprint density at radius 2 is 2.21 bits per heavy atom. The van der Waals surface area contributed by atoms with E-state index in [0.29, 0.717) is 0 Å². The summed E-state index contributed by atoms with van der Waals surface area (Å²) in [7, 11) is 2.81. The quantitative estimate of drug-likeness (QED) is 0.774. The number of aromatic nitrogens is 1. The fourth-order valence-corrected chi connectivity index (χ4v) is 2.16. The molecule has 0 spiro atoms. The molecule has 0 bridgehead atoms. The highest BCUT2D eigenvalue weighted by atomic mass is 35.7. The van der Waals surface area contributed by atoms with E-state index in [1.165, 1.54) is 19.4 Å². The second kappa shape index (κ2) is 4.33. The first-order valence-corrected chi connectivity index (χ1v) is 6.39. The van der Waals surface area contributed by atoms with E-state index >= 15 is 0 Å². The lowest BCUT2D eigenvalue weighted by atomic mass is 10.3. The number of hydrogen-bond donors (Lipinski definition) is 0. The number of halogens is 2. The van der Waals surface area contributed by atoms with Crippen molar-refractivity contribution >= 4 is 31.3 Å². The Morgan fingerprint density at radius 3 is 2.71 bits per heavy atom. The maximum absolute atomic E-state index is 10.8. The molecule has 0 aliphatic rings. The number of hydrogen-bond acceptors (Lipinski definition) is 4. The van der Waals surface area contributed by atoms with Gasteiger partial charge in [0.15, 0.2) is 0 Å². The minimum absolute atomic E-state index is 0.168. The molecule has 1 aromatic heterocycles. The third-order valence-electron chi connectivity index (χ3n) is 1.47. The summed E-state index contributed by atoms with van der Waals surface area (Å²) >= 11 is 5.77. The Balaban J connectivity index is 3.18. The van der Waals surface area contributed by atoms with Crippen LogP contribution in [0.4, 0.5) is 0 Å². The topological polar surface area (TPSA) is 56.3 Å². The van der Waals surface area contributed by atoms with Crippen LogP contribution in [0.3, 0.4) is 0 Å². The first kappa shape index (κ1) is 11.6. The number of ether oxygens (including phenoxy) is 1. The summed E-state index contributed by atoms with van der Waals surface area (Å²) in [5, 5.41) is 0.265. The molecule has 0 atom stereocenters. The number of nitrogens with zero attached hydrogens (tertiary/aromatic N) is 1. The third-order valence-corrected chi connectivity index (χ3v) is 2.78. The highest BCUT2D eigenvalue weighted by molar-refractivity contribution is 8.13. The van der Waals surface area contributed by atoms with Crippen LogP contribution in [0.5, 0.6) is 5.88 Å². The van der Waals surface area contributed by atoms with E-state index in [2.05, 4.69) is 4.98 Å². The van der Waals surface area contributed by atoms with Gasteiger partial charge in [0.1, 0.15) is 0 Å². The molecule has 0 aliphatic carbocycles. The lowest BCUT2D eigenvalue weighted by molar-refractivity contribution is 0.394. The molecular weight excluding hydrogens is 249 g/mol. The van der Waals surface area contributed by atoms with E-state index in [9.17, 15) is 8.42 Å². The Labute approximate surface area is 91.2 Å². The van der Waals surface area contributed by atoms with Crippen molar-refractivity contribution in [2.75, 3.05) is 7.11 Å². The smallest absolute Gasteiger partial charge is 0.237 e. The number of pyridine rings is 1. The van der Waals surface area contributed by atoms with E-state index in [0.717, 1.165) is 0 Å². The Morgan fingerprint density at radius 1 is 1.57 bits per heavy atom. The summed E-state index contributed by atoms with van der Waals surface area (Å²) in [6, 6.07) is 1.47. The molecule has 0 aliphatic heterocycles. The lowest BCUT2D eigenvalue weighted by Crippen LogP contribution is -2.01. The van der Waals surface area contributed by atoms with Crippen LogP contribution in [0.2, 0.25) is 5.02 Å². The summed E-state index contributed by atoms with van der Waals surface area (Å²) in [4.78, 5) is 3.81. The fraction of sp³-hybridized carbons (Fsp3) is 0.286. The molecular formula is C7H7Cl2NO3S. The monoisotopic (exact) mass is 255 g/mol. The van der Waals surface area contributed by atoms with Crippen molar-refractivity contribution in [3.8, 4) is 5.88 Å². The molecule has 7 heteroatoms. The average molecular weight is 256 g/mol. The first-order valence-electron chi connectivity index (χ1n) is 3.54. The van der Waals surface area contributed by atoms with Gasteiger partial charge >= 0.3 is 0 Å². The lowest BCUT2D eigenvalue weighted by Gasteiger charge is -2.06. The SMILES string of the molecule is COc1nccc(Cl)c1CS(=O)(=O)Cl. The Kier molecular flexibility index (Phi) is 3.58. The van der Waals surface area contributed by atoms with Crippen molar-refractivity contribution < 1.29 is 13.2 Å². The van der Waals surface area contributed by atoms with E-state index in [-0.39, 0.29) is 16.5 Å². The minimum atomic E-state index is -3.66. The molecule has 0 radical (unpaired) electrons. The molecule has 0 aromatic carbocycles. The van der Waals surface area contributed by atoms with Gasteiger partial charge in [-0.25, -0.2) is 13.4 Å². The van der Waals surface area contributed by atoms with Crippen molar-refractivity contribution in [2.45, 2.75) is 5.75 Å².